The van der Waals surface area contributed by atoms with Gasteiger partial charge in [-0.25, -0.2) is 0 Å². The number of amides is 1. The van der Waals surface area contributed by atoms with Crippen molar-refractivity contribution in [2.45, 2.75) is 20.0 Å². The molecule has 0 unspecified atom stereocenters. The lowest BCUT2D eigenvalue weighted by Gasteiger charge is -2.10. The van der Waals surface area contributed by atoms with Gasteiger partial charge in [0.2, 0.25) is 0 Å². The Morgan fingerprint density at radius 3 is 2.50 bits per heavy atom. The topological polar surface area (TPSA) is 55.1 Å². The van der Waals surface area contributed by atoms with Crippen molar-refractivity contribution < 1.29 is 22.5 Å². The average Bonchev–Trinajstić information content (AvgIpc) is 2.96. The Balaban J connectivity index is 1.95. The number of anilines is 1. The van der Waals surface area contributed by atoms with Crippen LogP contribution < -0.4 is 5.32 Å². The minimum Gasteiger partial charge on any atom is -0.360 e. The van der Waals surface area contributed by atoms with Crippen molar-refractivity contribution in [1.29, 1.82) is 0 Å². The number of carbonyl (C=O) groups is 1. The van der Waals surface area contributed by atoms with Gasteiger partial charge in [-0.05, 0) is 37.6 Å². The van der Waals surface area contributed by atoms with E-state index >= 15 is 0 Å². The van der Waals surface area contributed by atoms with Gasteiger partial charge in [-0.2, -0.15) is 13.2 Å². The van der Waals surface area contributed by atoms with Crippen LogP contribution in [-0.4, -0.2) is 11.1 Å². The third-order valence-electron chi connectivity index (χ3n) is 3.94. The zero-order chi connectivity index (χ0) is 18.9. The van der Waals surface area contributed by atoms with Gasteiger partial charge >= 0.3 is 6.18 Å². The van der Waals surface area contributed by atoms with Gasteiger partial charge in [-0.3, -0.25) is 4.79 Å². The number of aryl methyl sites for hydroxylation is 2. The number of rotatable bonds is 3. The maximum atomic E-state index is 12.8. The minimum atomic E-state index is -4.49. The highest BCUT2D eigenvalue weighted by Gasteiger charge is 2.31. The lowest BCUT2D eigenvalue weighted by molar-refractivity contribution is -0.137. The SMILES string of the molecule is Cc1ccccc1-c1noc(C)c1C(=O)Nc1cccc(C(F)(F)F)c1. The van der Waals surface area contributed by atoms with Crippen LogP contribution in [0.2, 0.25) is 0 Å². The van der Waals surface area contributed by atoms with Crippen LogP contribution >= 0.6 is 0 Å². The summed E-state index contributed by atoms with van der Waals surface area (Å²) < 4.78 is 43.7. The lowest BCUT2D eigenvalue weighted by atomic mass is 10.0. The molecule has 26 heavy (non-hydrogen) atoms. The van der Waals surface area contributed by atoms with Crippen LogP contribution in [0.15, 0.2) is 53.1 Å². The van der Waals surface area contributed by atoms with E-state index < -0.39 is 17.6 Å². The number of aromatic nitrogens is 1. The van der Waals surface area contributed by atoms with E-state index in [-0.39, 0.29) is 17.0 Å². The predicted molar refractivity (Wildman–Crippen MR) is 90.8 cm³/mol. The third-order valence-corrected chi connectivity index (χ3v) is 3.94. The minimum absolute atomic E-state index is 0.0427. The summed E-state index contributed by atoms with van der Waals surface area (Å²) in [6.07, 6.45) is -4.49. The fraction of sp³-hybridized carbons (Fsp3) is 0.158. The van der Waals surface area contributed by atoms with E-state index in [0.29, 0.717) is 5.69 Å². The molecule has 0 aliphatic rings. The molecule has 3 rings (SSSR count). The average molecular weight is 360 g/mol. The van der Waals surface area contributed by atoms with Crippen molar-refractivity contribution in [3.05, 3.63) is 71.0 Å². The zero-order valence-corrected chi connectivity index (χ0v) is 14.0. The van der Waals surface area contributed by atoms with E-state index in [2.05, 4.69) is 10.5 Å². The van der Waals surface area contributed by atoms with Gasteiger partial charge < -0.3 is 9.84 Å². The normalized spacial score (nSPS) is 11.4. The van der Waals surface area contributed by atoms with Gasteiger partial charge in [0, 0.05) is 11.3 Å². The van der Waals surface area contributed by atoms with Crippen LogP contribution in [0.3, 0.4) is 0 Å². The molecule has 1 aromatic heterocycles. The quantitative estimate of drug-likeness (QED) is 0.696. The lowest BCUT2D eigenvalue weighted by Crippen LogP contribution is -2.14. The molecule has 0 spiro atoms. The maximum absolute atomic E-state index is 12.8. The molecule has 0 aliphatic carbocycles. The number of carbonyl (C=O) groups excluding carboxylic acids is 1. The molecule has 0 bridgehead atoms. The summed E-state index contributed by atoms with van der Waals surface area (Å²) >= 11 is 0. The maximum Gasteiger partial charge on any atom is 0.416 e. The van der Waals surface area contributed by atoms with Crippen LogP contribution in [0.1, 0.15) is 27.2 Å². The third kappa shape index (κ3) is 3.46. The molecule has 1 amide bonds. The van der Waals surface area contributed by atoms with Crippen LogP contribution in [0, 0.1) is 13.8 Å². The highest BCUT2D eigenvalue weighted by atomic mass is 19.4. The molecule has 7 heteroatoms. The number of nitrogens with zero attached hydrogens (tertiary/aromatic N) is 1. The van der Waals surface area contributed by atoms with Gasteiger partial charge in [0.15, 0.2) is 0 Å². The molecule has 0 fully saturated rings. The molecule has 2 aromatic carbocycles. The van der Waals surface area contributed by atoms with E-state index in [1.807, 2.05) is 19.1 Å². The summed E-state index contributed by atoms with van der Waals surface area (Å²) in [7, 11) is 0. The number of nitrogens with one attached hydrogen (secondary N) is 1. The van der Waals surface area contributed by atoms with Crippen LogP contribution in [0.4, 0.5) is 18.9 Å². The smallest absolute Gasteiger partial charge is 0.360 e. The Labute approximate surface area is 147 Å². The van der Waals surface area contributed by atoms with Gasteiger partial charge in [0.1, 0.15) is 17.0 Å². The van der Waals surface area contributed by atoms with Crippen LogP contribution in [0.25, 0.3) is 11.3 Å². The van der Waals surface area contributed by atoms with Crippen molar-refractivity contribution >= 4 is 11.6 Å². The molecule has 1 N–H and O–H groups in total. The van der Waals surface area contributed by atoms with Crippen molar-refractivity contribution in [3.8, 4) is 11.3 Å². The van der Waals surface area contributed by atoms with Crippen LogP contribution in [0.5, 0.6) is 0 Å². The molecule has 0 saturated carbocycles. The largest absolute Gasteiger partial charge is 0.416 e. The first kappa shape index (κ1) is 17.7. The van der Waals surface area contributed by atoms with E-state index in [4.69, 9.17) is 4.52 Å². The molecule has 0 atom stereocenters. The number of hydrogen-bond acceptors (Lipinski definition) is 3. The molecule has 0 saturated heterocycles. The first-order valence-electron chi connectivity index (χ1n) is 7.78. The summed E-state index contributed by atoms with van der Waals surface area (Å²) in [6, 6.07) is 11.8. The zero-order valence-electron chi connectivity index (χ0n) is 14.0. The highest BCUT2D eigenvalue weighted by molar-refractivity contribution is 6.09. The second-order valence-corrected chi connectivity index (χ2v) is 5.81. The number of alkyl halides is 3. The fourth-order valence-corrected chi connectivity index (χ4v) is 2.63. The van der Waals surface area contributed by atoms with Gasteiger partial charge in [-0.15, -0.1) is 0 Å². The van der Waals surface area contributed by atoms with Crippen LogP contribution in [-0.2, 0) is 6.18 Å². The number of hydrogen-bond donors (Lipinski definition) is 1. The Morgan fingerprint density at radius 1 is 1.08 bits per heavy atom. The van der Waals surface area contributed by atoms with E-state index in [1.165, 1.54) is 12.1 Å². The Bertz CT molecular complexity index is 961. The Morgan fingerprint density at radius 2 is 1.81 bits per heavy atom. The molecule has 4 nitrogen and oxygen atoms in total. The first-order chi connectivity index (χ1) is 12.3. The fourth-order valence-electron chi connectivity index (χ4n) is 2.63. The van der Waals surface area contributed by atoms with Gasteiger partial charge in [-0.1, -0.05) is 35.5 Å². The number of benzene rings is 2. The summed E-state index contributed by atoms with van der Waals surface area (Å²) in [5.74, 6) is -0.297. The highest BCUT2D eigenvalue weighted by Crippen LogP contribution is 2.32. The van der Waals surface area contributed by atoms with Crippen molar-refractivity contribution in [2.75, 3.05) is 5.32 Å². The first-order valence-corrected chi connectivity index (χ1v) is 7.78. The Hall–Kier alpha value is -3.09. The monoisotopic (exact) mass is 360 g/mol. The molecule has 3 aromatic rings. The predicted octanol–water partition coefficient (Wildman–Crippen LogP) is 5.23. The summed E-state index contributed by atoms with van der Waals surface area (Å²) in [5.41, 5.74) is 1.37. The second-order valence-electron chi connectivity index (χ2n) is 5.81. The van der Waals surface area contributed by atoms with Crippen molar-refractivity contribution in [1.82, 2.24) is 5.16 Å². The Kier molecular flexibility index (Phi) is 4.54. The molecule has 134 valence electrons. The molecular weight excluding hydrogens is 345 g/mol. The molecular formula is C19H15F3N2O2. The van der Waals surface area contributed by atoms with Crippen molar-refractivity contribution in [2.24, 2.45) is 0 Å². The molecule has 1 heterocycles. The second kappa shape index (κ2) is 6.67. The summed E-state index contributed by atoms with van der Waals surface area (Å²) in [5, 5.41) is 6.44. The summed E-state index contributed by atoms with van der Waals surface area (Å²) in [4.78, 5) is 12.7. The van der Waals surface area contributed by atoms with Crippen molar-refractivity contribution in [3.63, 3.8) is 0 Å². The van der Waals surface area contributed by atoms with Gasteiger partial charge in [0.25, 0.3) is 5.91 Å². The standard InChI is InChI=1S/C19H15F3N2O2/c1-11-6-3-4-9-15(11)17-16(12(2)26-24-17)18(25)23-14-8-5-7-13(10-14)19(20,21)22/h3-10H,1-2H3,(H,23,25). The van der Waals surface area contributed by atoms with E-state index in [9.17, 15) is 18.0 Å². The number of halogens is 3. The van der Waals surface area contributed by atoms with E-state index in [0.717, 1.165) is 23.3 Å². The molecule has 0 radical (unpaired) electrons. The summed E-state index contributed by atoms with van der Waals surface area (Å²) in [6.45, 7) is 3.45. The van der Waals surface area contributed by atoms with Gasteiger partial charge in [0.05, 0.1) is 5.56 Å². The molecule has 0 aliphatic heterocycles. The van der Waals surface area contributed by atoms with E-state index in [1.54, 1.807) is 19.1 Å².